The first kappa shape index (κ1) is 19.5. The normalized spacial score (nSPS) is 14.7. The Morgan fingerprint density at radius 3 is 1.88 bits per heavy atom. The van der Waals surface area contributed by atoms with Gasteiger partial charge in [-0.25, -0.2) is 0 Å². The van der Waals surface area contributed by atoms with Gasteiger partial charge in [-0.3, -0.25) is 4.84 Å². The lowest BCUT2D eigenvalue weighted by Gasteiger charge is -2.44. The second-order valence-corrected chi connectivity index (χ2v) is 7.94. The Morgan fingerprint density at radius 1 is 0.840 bits per heavy atom. The smallest absolute Gasteiger partial charge is 0.115 e. The highest BCUT2D eigenvalue weighted by Gasteiger charge is 2.34. The van der Waals surface area contributed by atoms with Crippen molar-refractivity contribution in [1.29, 1.82) is 0 Å². The van der Waals surface area contributed by atoms with Crippen LogP contribution in [0.2, 0.25) is 0 Å². The van der Waals surface area contributed by atoms with E-state index in [1.165, 1.54) is 5.56 Å². The van der Waals surface area contributed by atoms with E-state index in [2.05, 4.69) is 63.9 Å². The number of phenols is 1. The summed E-state index contributed by atoms with van der Waals surface area (Å²) < 4.78 is 0. The van der Waals surface area contributed by atoms with E-state index in [0.29, 0.717) is 5.92 Å². The molecule has 3 heteroatoms. The van der Waals surface area contributed by atoms with Crippen molar-refractivity contribution in [3.63, 3.8) is 0 Å². The molecule has 0 aromatic heterocycles. The lowest BCUT2D eigenvalue weighted by Crippen LogP contribution is -2.46. The molecule has 2 atom stereocenters. The molecule has 25 heavy (non-hydrogen) atoms. The van der Waals surface area contributed by atoms with Crippen LogP contribution in [0.15, 0.2) is 54.6 Å². The maximum absolute atomic E-state index is 9.51. The fourth-order valence-corrected chi connectivity index (χ4v) is 3.06. The zero-order chi connectivity index (χ0) is 18.6. The number of rotatable bonds is 6. The molecule has 0 aliphatic rings. The number of nitrogens with zero attached hydrogens (tertiary/aromatic N) is 1. The molecular weight excluding hydrogens is 310 g/mol. The molecule has 0 aliphatic carbocycles. The van der Waals surface area contributed by atoms with Crippen LogP contribution >= 0.6 is 0 Å². The summed E-state index contributed by atoms with van der Waals surface area (Å²) in [5.74, 6) is 0.668. The molecule has 0 bridgehead atoms. The Labute approximate surface area is 152 Å². The van der Waals surface area contributed by atoms with Crippen LogP contribution in [0, 0.1) is 5.92 Å². The third kappa shape index (κ3) is 5.07. The van der Waals surface area contributed by atoms with E-state index in [9.17, 15) is 5.11 Å². The van der Waals surface area contributed by atoms with Gasteiger partial charge in [0.1, 0.15) is 11.9 Å². The molecule has 0 saturated heterocycles. The Bertz CT molecular complexity index is 644. The van der Waals surface area contributed by atoms with Crippen LogP contribution in [0.4, 0.5) is 0 Å². The van der Waals surface area contributed by atoms with Crippen LogP contribution in [0.3, 0.4) is 0 Å². The molecule has 0 radical (unpaired) electrons. The highest BCUT2D eigenvalue weighted by molar-refractivity contribution is 5.27. The van der Waals surface area contributed by atoms with Crippen LogP contribution in [-0.4, -0.2) is 15.7 Å². The van der Waals surface area contributed by atoms with Crippen molar-refractivity contribution >= 4 is 0 Å². The summed E-state index contributed by atoms with van der Waals surface area (Å²) in [5, 5.41) is 11.6. The molecule has 0 amide bonds. The van der Waals surface area contributed by atoms with Gasteiger partial charge in [-0.15, -0.1) is 0 Å². The van der Waals surface area contributed by atoms with Gasteiger partial charge in [0.25, 0.3) is 0 Å². The minimum Gasteiger partial charge on any atom is -0.508 e. The second kappa shape index (κ2) is 8.03. The van der Waals surface area contributed by atoms with Gasteiger partial charge in [-0.1, -0.05) is 56.3 Å². The van der Waals surface area contributed by atoms with E-state index >= 15 is 0 Å². The number of aromatic hydroxyl groups is 1. The predicted molar refractivity (Wildman–Crippen MR) is 103 cm³/mol. The van der Waals surface area contributed by atoms with Crippen molar-refractivity contribution in [3.05, 3.63) is 65.7 Å². The second-order valence-electron chi connectivity index (χ2n) is 7.94. The summed E-state index contributed by atoms with van der Waals surface area (Å²) >= 11 is 0. The molecule has 1 N–H and O–H groups in total. The monoisotopic (exact) mass is 341 g/mol. The SMILES string of the molecule is CC(ON(C(c1ccccc1)C(C)C)C(C)(C)C)c1ccc(O)cc1. The fraction of sp³-hybridized carbons (Fsp3) is 0.455. The van der Waals surface area contributed by atoms with Crippen molar-refractivity contribution in [1.82, 2.24) is 5.06 Å². The molecule has 136 valence electrons. The Hall–Kier alpha value is -1.84. The molecule has 2 aromatic rings. The Kier molecular flexibility index (Phi) is 6.26. The zero-order valence-corrected chi connectivity index (χ0v) is 16.2. The summed E-state index contributed by atoms with van der Waals surface area (Å²) in [7, 11) is 0. The molecule has 2 rings (SSSR count). The largest absolute Gasteiger partial charge is 0.508 e. The van der Waals surface area contributed by atoms with Crippen LogP contribution in [0.1, 0.15) is 64.8 Å². The van der Waals surface area contributed by atoms with Gasteiger partial charge in [0.2, 0.25) is 0 Å². The van der Waals surface area contributed by atoms with Crippen molar-refractivity contribution in [2.24, 2.45) is 5.92 Å². The van der Waals surface area contributed by atoms with Crippen LogP contribution < -0.4 is 0 Å². The Morgan fingerprint density at radius 2 is 1.40 bits per heavy atom. The van der Waals surface area contributed by atoms with E-state index in [1.807, 2.05) is 25.1 Å². The summed E-state index contributed by atoms with van der Waals surface area (Å²) in [6.45, 7) is 13.0. The van der Waals surface area contributed by atoms with Gasteiger partial charge in [0.05, 0.1) is 6.04 Å². The van der Waals surface area contributed by atoms with Crippen molar-refractivity contribution < 1.29 is 9.94 Å². The zero-order valence-electron chi connectivity index (χ0n) is 16.2. The van der Waals surface area contributed by atoms with Gasteiger partial charge in [0, 0.05) is 5.54 Å². The lowest BCUT2D eigenvalue weighted by atomic mass is 9.92. The Balaban J connectivity index is 2.33. The number of benzene rings is 2. The van der Waals surface area contributed by atoms with E-state index in [4.69, 9.17) is 4.84 Å². The minimum atomic E-state index is -0.157. The lowest BCUT2D eigenvalue weighted by molar-refractivity contribution is -0.272. The fourth-order valence-electron chi connectivity index (χ4n) is 3.06. The molecular formula is C22H31NO2. The molecule has 3 nitrogen and oxygen atoms in total. The molecule has 0 spiro atoms. The first-order chi connectivity index (χ1) is 11.7. The van der Waals surface area contributed by atoms with Crippen molar-refractivity contribution in [2.75, 3.05) is 0 Å². The molecule has 0 heterocycles. The molecule has 0 fully saturated rings. The average Bonchev–Trinajstić information content (AvgIpc) is 2.54. The van der Waals surface area contributed by atoms with Crippen LogP contribution in [-0.2, 0) is 4.84 Å². The van der Waals surface area contributed by atoms with Gasteiger partial charge in [-0.05, 0) is 56.9 Å². The maximum Gasteiger partial charge on any atom is 0.115 e. The first-order valence-corrected chi connectivity index (χ1v) is 9.00. The number of hydrogen-bond donors (Lipinski definition) is 1. The maximum atomic E-state index is 9.51. The third-order valence-corrected chi connectivity index (χ3v) is 4.32. The quantitative estimate of drug-likeness (QED) is 0.666. The van der Waals surface area contributed by atoms with E-state index in [-0.39, 0.29) is 23.4 Å². The van der Waals surface area contributed by atoms with E-state index in [0.717, 1.165) is 5.56 Å². The number of phenolic OH excluding ortho intramolecular Hbond substituents is 1. The van der Waals surface area contributed by atoms with Gasteiger partial charge >= 0.3 is 0 Å². The molecule has 0 saturated carbocycles. The summed E-state index contributed by atoms with van der Waals surface area (Å²) in [5.41, 5.74) is 2.14. The first-order valence-electron chi connectivity index (χ1n) is 9.00. The van der Waals surface area contributed by atoms with Crippen LogP contribution in [0.25, 0.3) is 0 Å². The van der Waals surface area contributed by atoms with Gasteiger partial charge in [-0.2, -0.15) is 5.06 Å². The predicted octanol–water partition coefficient (Wildman–Crippen LogP) is 5.88. The van der Waals surface area contributed by atoms with Gasteiger partial charge in [0.15, 0.2) is 0 Å². The van der Waals surface area contributed by atoms with E-state index < -0.39 is 0 Å². The summed E-state index contributed by atoms with van der Waals surface area (Å²) in [4.78, 5) is 6.47. The van der Waals surface area contributed by atoms with Crippen molar-refractivity contribution in [2.45, 2.75) is 59.2 Å². The molecule has 2 unspecified atom stereocenters. The summed E-state index contributed by atoms with van der Waals surface area (Å²) in [6.07, 6.45) is -0.107. The minimum absolute atomic E-state index is 0.107. The highest BCUT2D eigenvalue weighted by atomic mass is 16.7. The third-order valence-electron chi connectivity index (χ3n) is 4.32. The van der Waals surface area contributed by atoms with Crippen LogP contribution in [0.5, 0.6) is 5.75 Å². The number of hydroxylamine groups is 2. The molecule has 0 aliphatic heterocycles. The average molecular weight is 341 g/mol. The van der Waals surface area contributed by atoms with Crippen molar-refractivity contribution in [3.8, 4) is 5.75 Å². The van der Waals surface area contributed by atoms with E-state index in [1.54, 1.807) is 12.1 Å². The molecule has 2 aromatic carbocycles. The number of hydrogen-bond acceptors (Lipinski definition) is 3. The standard InChI is InChI=1S/C22H31NO2/c1-16(2)21(19-10-8-7-9-11-19)23(22(4,5)6)25-17(3)18-12-14-20(24)15-13-18/h7-17,21,24H,1-6H3. The van der Waals surface area contributed by atoms with Gasteiger partial charge < -0.3 is 5.11 Å². The highest BCUT2D eigenvalue weighted by Crippen LogP contribution is 2.37. The summed E-state index contributed by atoms with van der Waals surface area (Å²) in [6, 6.07) is 17.9. The topological polar surface area (TPSA) is 32.7 Å².